The van der Waals surface area contributed by atoms with Crippen molar-refractivity contribution in [3.05, 3.63) is 53.3 Å². The first-order valence-electron chi connectivity index (χ1n) is 7.50. The Hall–Kier alpha value is -2.63. The van der Waals surface area contributed by atoms with Gasteiger partial charge in [0.1, 0.15) is 5.69 Å². The highest BCUT2D eigenvalue weighted by Crippen LogP contribution is 2.16. The Morgan fingerprint density at radius 1 is 1.26 bits per heavy atom. The van der Waals surface area contributed by atoms with Crippen LogP contribution in [0.5, 0.6) is 0 Å². The van der Waals surface area contributed by atoms with Crippen LogP contribution in [0.3, 0.4) is 0 Å². The number of carbonyl (C=O) groups excluding carboxylic acids is 1. The number of carboxylic acids is 1. The number of carbonyl (C=O) groups is 2. The van der Waals surface area contributed by atoms with Gasteiger partial charge in [0.05, 0.1) is 5.92 Å². The summed E-state index contributed by atoms with van der Waals surface area (Å²) in [5.41, 5.74) is 1.91. The van der Waals surface area contributed by atoms with Crippen LogP contribution in [0.15, 0.2) is 36.4 Å². The summed E-state index contributed by atoms with van der Waals surface area (Å²) >= 11 is 0. The fourth-order valence-corrected chi connectivity index (χ4v) is 2.45. The number of nitrogens with zero attached hydrogens (tertiary/aromatic N) is 2. The highest BCUT2D eigenvalue weighted by molar-refractivity contribution is 5.92. The van der Waals surface area contributed by atoms with Crippen LogP contribution < -0.4 is 5.32 Å². The number of carboxylic acid groups (broad SMARTS) is 1. The predicted octanol–water partition coefficient (Wildman–Crippen LogP) is 2.14. The second-order valence-corrected chi connectivity index (χ2v) is 5.74. The fourth-order valence-electron chi connectivity index (χ4n) is 2.45. The van der Waals surface area contributed by atoms with Crippen molar-refractivity contribution in [2.24, 2.45) is 7.05 Å². The van der Waals surface area contributed by atoms with Gasteiger partial charge in [0, 0.05) is 19.3 Å². The number of amides is 1. The van der Waals surface area contributed by atoms with Crippen LogP contribution in [-0.2, 0) is 11.8 Å². The van der Waals surface area contributed by atoms with E-state index in [2.05, 4.69) is 10.4 Å². The summed E-state index contributed by atoms with van der Waals surface area (Å²) in [7, 11) is 1.79. The fraction of sp³-hybridized carbons (Fsp3) is 0.353. The summed E-state index contributed by atoms with van der Waals surface area (Å²) in [6.45, 7) is 4.06. The van der Waals surface area contributed by atoms with Gasteiger partial charge in [-0.1, -0.05) is 44.2 Å². The van der Waals surface area contributed by atoms with Gasteiger partial charge in [0.25, 0.3) is 5.91 Å². The molecular formula is C17H21N3O3. The zero-order chi connectivity index (χ0) is 17.0. The lowest BCUT2D eigenvalue weighted by Gasteiger charge is -2.13. The van der Waals surface area contributed by atoms with E-state index in [9.17, 15) is 14.7 Å². The second kappa shape index (κ2) is 7.09. The summed E-state index contributed by atoms with van der Waals surface area (Å²) in [6.07, 6.45) is 0. The average Bonchev–Trinajstić information content (AvgIpc) is 2.90. The smallest absolute Gasteiger partial charge is 0.312 e. The van der Waals surface area contributed by atoms with Gasteiger partial charge in [-0.25, -0.2) is 0 Å². The summed E-state index contributed by atoms with van der Waals surface area (Å²) in [5, 5.41) is 16.2. The Labute approximate surface area is 135 Å². The zero-order valence-electron chi connectivity index (χ0n) is 13.5. The van der Waals surface area contributed by atoms with Crippen LogP contribution in [0.2, 0.25) is 0 Å². The highest BCUT2D eigenvalue weighted by atomic mass is 16.4. The number of aliphatic carboxylic acids is 1. The molecule has 1 aromatic heterocycles. The van der Waals surface area contributed by atoms with Gasteiger partial charge in [-0.05, 0) is 17.5 Å². The molecule has 2 aromatic rings. The summed E-state index contributed by atoms with van der Waals surface area (Å²) in [6, 6.07) is 10.6. The lowest BCUT2D eigenvalue weighted by Crippen LogP contribution is -2.32. The maximum Gasteiger partial charge on any atom is 0.312 e. The van der Waals surface area contributed by atoms with Gasteiger partial charge in [-0.3, -0.25) is 14.3 Å². The van der Waals surface area contributed by atoms with Gasteiger partial charge in [0.2, 0.25) is 0 Å². The number of rotatable bonds is 6. The Kier molecular flexibility index (Phi) is 5.16. The van der Waals surface area contributed by atoms with E-state index in [0.717, 1.165) is 5.69 Å². The van der Waals surface area contributed by atoms with Crippen molar-refractivity contribution in [1.29, 1.82) is 0 Å². The lowest BCUT2D eigenvalue weighted by atomic mass is 9.99. The number of hydrogen-bond acceptors (Lipinski definition) is 3. The van der Waals surface area contributed by atoms with E-state index in [1.807, 2.05) is 19.9 Å². The standard InChI is InChI=1S/C17H21N3O3/c1-11(2)15-9-14(19-20(15)3)16(21)18-10-13(17(22)23)12-7-5-4-6-8-12/h4-9,11,13H,10H2,1-3H3,(H,18,21)(H,22,23). The molecule has 0 aliphatic rings. The first-order valence-corrected chi connectivity index (χ1v) is 7.50. The minimum atomic E-state index is -0.972. The van der Waals surface area contributed by atoms with Gasteiger partial charge in [-0.15, -0.1) is 0 Å². The summed E-state index contributed by atoms with van der Waals surface area (Å²) in [5.74, 6) is -1.87. The SMILES string of the molecule is CC(C)c1cc(C(=O)NCC(C(=O)O)c2ccccc2)nn1C. The molecule has 2 rings (SSSR count). The molecule has 0 fully saturated rings. The Morgan fingerprint density at radius 3 is 2.43 bits per heavy atom. The van der Waals surface area contributed by atoms with Gasteiger partial charge in [0.15, 0.2) is 0 Å². The molecule has 1 unspecified atom stereocenters. The van der Waals surface area contributed by atoms with Crippen LogP contribution >= 0.6 is 0 Å². The molecule has 0 spiro atoms. The minimum absolute atomic E-state index is 0.0196. The molecule has 0 bridgehead atoms. The summed E-state index contributed by atoms with van der Waals surface area (Å²) < 4.78 is 1.67. The molecule has 0 aliphatic heterocycles. The molecule has 23 heavy (non-hydrogen) atoms. The second-order valence-electron chi connectivity index (χ2n) is 5.74. The van der Waals surface area contributed by atoms with Crippen LogP contribution in [-0.4, -0.2) is 33.3 Å². The van der Waals surface area contributed by atoms with Crippen LogP contribution in [0.1, 0.15) is 47.4 Å². The van der Waals surface area contributed by atoms with Crippen molar-refractivity contribution >= 4 is 11.9 Å². The molecule has 1 amide bonds. The third kappa shape index (κ3) is 3.97. The van der Waals surface area contributed by atoms with E-state index in [1.165, 1.54) is 0 Å². The Balaban J connectivity index is 2.08. The Morgan fingerprint density at radius 2 is 1.91 bits per heavy atom. The minimum Gasteiger partial charge on any atom is -0.481 e. The first-order chi connectivity index (χ1) is 10.9. The van der Waals surface area contributed by atoms with Crippen LogP contribution in [0.25, 0.3) is 0 Å². The van der Waals surface area contributed by atoms with Crippen molar-refractivity contribution < 1.29 is 14.7 Å². The molecule has 6 nitrogen and oxygen atoms in total. The number of hydrogen-bond donors (Lipinski definition) is 2. The van der Waals surface area contributed by atoms with E-state index in [-0.39, 0.29) is 18.4 Å². The third-order valence-corrected chi connectivity index (χ3v) is 3.71. The number of nitrogens with one attached hydrogen (secondary N) is 1. The van der Waals surface area contributed by atoms with E-state index in [1.54, 1.807) is 42.1 Å². The molecule has 122 valence electrons. The quantitative estimate of drug-likeness (QED) is 0.855. The average molecular weight is 315 g/mol. The number of aromatic nitrogens is 2. The monoisotopic (exact) mass is 315 g/mol. The topological polar surface area (TPSA) is 84.2 Å². The normalized spacial score (nSPS) is 12.2. The lowest BCUT2D eigenvalue weighted by molar-refractivity contribution is -0.138. The van der Waals surface area contributed by atoms with Crippen molar-refractivity contribution in [2.45, 2.75) is 25.7 Å². The molecule has 1 atom stereocenters. The first kappa shape index (κ1) is 16.7. The van der Waals surface area contributed by atoms with E-state index >= 15 is 0 Å². The van der Waals surface area contributed by atoms with Crippen molar-refractivity contribution in [3.8, 4) is 0 Å². The molecule has 0 saturated heterocycles. The van der Waals surface area contributed by atoms with Gasteiger partial charge in [-0.2, -0.15) is 5.10 Å². The molecule has 0 radical (unpaired) electrons. The number of aryl methyl sites for hydroxylation is 1. The van der Waals surface area contributed by atoms with Crippen molar-refractivity contribution in [1.82, 2.24) is 15.1 Å². The molecule has 6 heteroatoms. The van der Waals surface area contributed by atoms with Gasteiger partial charge >= 0.3 is 5.97 Å². The molecule has 0 saturated carbocycles. The zero-order valence-corrected chi connectivity index (χ0v) is 13.5. The maximum absolute atomic E-state index is 12.2. The number of benzene rings is 1. The molecule has 2 N–H and O–H groups in total. The van der Waals surface area contributed by atoms with Crippen LogP contribution in [0, 0.1) is 0 Å². The van der Waals surface area contributed by atoms with E-state index in [0.29, 0.717) is 11.3 Å². The molecular weight excluding hydrogens is 294 g/mol. The Bertz CT molecular complexity index is 692. The maximum atomic E-state index is 12.2. The van der Waals surface area contributed by atoms with E-state index in [4.69, 9.17) is 0 Å². The van der Waals surface area contributed by atoms with Crippen molar-refractivity contribution in [2.75, 3.05) is 6.54 Å². The predicted molar refractivity (Wildman–Crippen MR) is 86.4 cm³/mol. The molecule has 0 aliphatic carbocycles. The van der Waals surface area contributed by atoms with Gasteiger partial charge < -0.3 is 10.4 Å². The van der Waals surface area contributed by atoms with Crippen molar-refractivity contribution in [3.63, 3.8) is 0 Å². The third-order valence-electron chi connectivity index (χ3n) is 3.71. The molecule has 1 aromatic carbocycles. The largest absolute Gasteiger partial charge is 0.481 e. The summed E-state index contributed by atoms with van der Waals surface area (Å²) in [4.78, 5) is 23.6. The van der Waals surface area contributed by atoms with E-state index < -0.39 is 11.9 Å². The highest BCUT2D eigenvalue weighted by Gasteiger charge is 2.22. The van der Waals surface area contributed by atoms with Crippen LogP contribution in [0.4, 0.5) is 0 Å². The molecule has 1 heterocycles.